The van der Waals surface area contributed by atoms with Crippen LogP contribution in [0.25, 0.3) is 11.4 Å². The Kier molecular flexibility index (Phi) is 3.69. The monoisotopic (exact) mass is 240 g/mol. The molecule has 0 radical (unpaired) electrons. The van der Waals surface area contributed by atoms with E-state index in [4.69, 9.17) is 5.84 Å². The van der Waals surface area contributed by atoms with Gasteiger partial charge in [0.25, 0.3) is 0 Å². The first-order valence-corrected chi connectivity index (χ1v) is 5.76. The Morgan fingerprint density at radius 3 is 2.61 bits per heavy atom. The van der Waals surface area contributed by atoms with Crippen LogP contribution in [0.2, 0.25) is 0 Å². The van der Waals surface area contributed by atoms with Gasteiger partial charge >= 0.3 is 0 Å². The predicted octanol–water partition coefficient (Wildman–Crippen LogP) is 2.47. The second-order valence-corrected chi connectivity index (χ2v) is 3.96. The maximum Gasteiger partial charge on any atom is 0.161 e. The molecule has 4 heteroatoms. The van der Waals surface area contributed by atoms with E-state index in [1.165, 1.54) is 0 Å². The first kappa shape index (κ1) is 12.3. The van der Waals surface area contributed by atoms with Crippen LogP contribution in [0.5, 0.6) is 0 Å². The molecule has 0 aliphatic heterocycles. The molecule has 2 rings (SSSR count). The fraction of sp³-hybridized carbons (Fsp3) is 0.143. The van der Waals surface area contributed by atoms with Crippen LogP contribution in [0.3, 0.4) is 0 Å². The Morgan fingerprint density at radius 1 is 1.28 bits per heavy atom. The smallest absolute Gasteiger partial charge is 0.161 e. The fourth-order valence-corrected chi connectivity index (χ4v) is 1.82. The molecule has 0 amide bonds. The molecule has 1 aromatic heterocycles. The number of nitrogens with two attached hydrogens (primary N) is 1. The van der Waals surface area contributed by atoms with E-state index in [-0.39, 0.29) is 0 Å². The molecule has 0 saturated heterocycles. The maximum atomic E-state index is 5.52. The zero-order valence-corrected chi connectivity index (χ0v) is 10.4. The van der Waals surface area contributed by atoms with Gasteiger partial charge in [0.15, 0.2) is 5.82 Å². The van der Waals surface area contributed by atoms with Crippen molar-refractivity contribution in [3.8, 4) is 11.4 Å². The molecule has 0 spiro atoms. The van der Waals surface area contributed by atoms with E-state index < -0.39 is 0 Å². The average molecular weight is 240 g/mol. The second-order valence-electron chi connectivity index (χ2n) is 3.96. The molecule has 1 heterocycles. The van der Waals surface area contributed by atoms with Crippen LogP contribution in [-0.4, -0.2) is 9.97 Å². The summed E-state index contributed by atoms with van der Waals surface area (Å²) in [4.78, 5) is 8.96. The van der Waals surface area contributed by atoms with Gasteiger partial charge in [-0.2, -0.15) is 0 Å². The highest BCUT2D eigenvalue weighted by molar-refractivity contribution is 5.59. The molecule has 0 aliphatic rings. The van der Waals surface area contributed by atoms with E-state index in [1.807, 2.05) is 43.3 Å². The molecule has 0 atom stereocenters. The number of rotatable bonds is 4. The minimum atomic E-state index is 0.654. The van der Waals surface area contributed by atoms with Gasteiger partial charge in [0.1, 0.15) is 5.82 Å². The van der Waals surface area contributed by atoms with Crippen molar-refractivity contribution in [3.63, 3.8) is 0 Å². The third-order valence-electron chi connectivity index (χ3n) is 2.73. The number of hydrogen-bond donors (Lipinski definition) is 2. The van der Waals surface area contributed by atoms with Gasteiger partial charge in [-0.15, -0.1) is 6.58 Å². The van der Waals surface area contributed by atoms with Crippen LogP contribution in [0.4, 0.5) is 5.82 Å². The maximum absolute atomic E-state index is 5.52. The number of nitrogens with one attached hydrogen (secondary N) is 1. The topological polar surface area (TPSA) is 63.8 Å². The molecule has 0 unspecified atom stereocenters. The van der Waals surface area contributed by atoms with Gasteiger partial charge in [-0.25, -0.2) is 15.8 Å². The van der Waals surface area contributed by atoms with Gasteiger partial charge < -0.3 is 5.43 Å². The lowest BCUT2D eigenvalue weighted by molar-refractivity contribution is 1.03. The highest BCUT2D eigenvalue weighted by Crippen LogP contribution is 2.22. The summed E-state index contributed by atoms with van der Waals surface area (Å²) in [5.41, 5.74) is 5.50. The third kappa shape index (κ3) is 2.38. The van der Waals surface area contributed by atoms with Crippen molar-refractivity contribution >= 4 is 5.82 Å². The minimum absolute atomic E-state index is 0.654. The molecule has 3 N–H and O–H groups in total. The molecule has 0 fully saturated rings. The quantitative estimate of drug-likeness (QED) is 0.489. The minimum Gasteiger partial charge on any atom is -0.308 e. The molecule has 0 bridgehead atoms. The number of nitrogens with zero attached hydrogens (tertiary/aromatic N) is 2. The third-order valence-corrected chi connectivity index (χ3v) is 2.73. The van der Waals surface area contributed by atoms with Gasteiger partial charge in [-0.1, -0.05) is 36.4 Å². The summed E-state index contributed by atoms with van der Waals surface area (Å²) in [5.74, 6) is 6.85. The molecule has 0 saturated carbocycles. The van der Waals surface area contributed by atoms with Crippen LogP contribution in [0.15, 0.2) is 43.0 Å². The molecule has 18 heavy (non-hydrogen) atoms. The van der Waals surface area contributed by atoms with Gasteiger partial charge in [0.2, 0.25) is 0 Å². The van der Waals surface area contributed by atoms with E-state index in [1.54, 1.807) is 0 Å². The molecule has 0 aliphatic carbocycles. The standard InChI is InChI=1S/C14H16N4/c1-3-7-12-10(2)16-13(17-14(12)18-15)11-8-5-4-6-9-11/h3-6,8-9H,1,7,15H2,2H3,(H,16,17,18). The van der Waals surface area contributed by atoms with Crippen molar-refractivity contribution in [2.75, 3.05) is 5.43 Å². The van der Waals surface area contributed by atoms with Crippen molar-refractivity contribution in [1.82, 2.24) is 9.97 Å². The molecular formula is C14H16N4. The van der Waals surface area contributed by atoms with Crippen LogP contribution in [0.1, 0.15) is 11.3 Å². The summed E-state index contributed by atoms with van der Waals surface area (Å²) in [6.45, 7) is 5.68. The Morgan fingerprint density at radius 2 is 2.00 bits per heavy atom. The average Bonchev–Trinajstić information content (AvgIpc) is 2.42. The summed E-state index contributed by atoms with van der Waals surface area (Å²) >= 11 is 0. The zero-order valence-electron chi connectivity index (χ0n) is 10.4. The lowest BCUT2D eigenvalue weighted by Gasteiger charge is -2.11. The number of nitrogen functional groups attached to an aromatic ring is 1. The number of anilines is 1. The highest BCUT2D eigenvalue weighted by Gasteiger charge is 2.10. The van der Waals surface area contributed by atoms with Gasteiger partial charge in [-0.05, 0) is 13.3 Å². The van der Waals surface area contributed by atoms with E-state index in [0.29, 0.717) is 18.1 Å². The molecule has 92 valence electrons. The predicted molar refractivity (Wildman–Crippen MR) is 73.9 cm³/mol. The second kappa shape index (κ2) is 5.42. The van der Waals surface area contributed by atoms with Crippen LogP contribution in [-0.2, 0) is 6.42 Å². The summed E-state index contributed by atoms with van der Waals surface area (Å²) < 4.78 is 0. The largest absolute Gasteiger partial charge is 0.308 e. The number of hydrogen-bond acceptors (Lipinski definition) is 4. The van der Waals surface area contributed by atoms with E-state index in [9.17, 15) is 0 Å². The lowest BCUT2D eigenvalue weighted by Crippen LogP contribution is -2.13. The van der Waals surface area contributed by atoms with Crippen molar-refractivity contribution < 1.29 is 0 Å². The van der Waals surface area contributed by atoms with Crippen molar-refractivity contribution in [1.29, 1.82) is 0 Å². The SMILES string of the molecule is C=CCc1c(C)nc(-c2ccccc2)nc1NN. The summed E-state index contributed by atoms with van der Waals surface area (Å²) in [7, 11) is 0. The lowest BCUT2D eigenvalue weighted by atomic mass is 10.1. The first-order valence-electron chi connectivity index (χ1n) is 5.76. The first-order chi connectivity index (χ1) is 8.76. The highest BCUT2D eigenvalue weighted by atomic mass is 15.3. The number of allylic oxidation sites excluding steroid dienone is 1. The Labute approximate surface area is 107 Å². The zero-order chi connectivity index (χ0) is 13.0. The number of benzene rings is 1. The molecule has 2 aromatic rings. The summed E-state index contributed by atoms with van der Waals surface area (Å²) in [6, 6.07) is 9.83. The summed E-state index contributed by atoms with van der Waals surface area (Å²) in [6.07, 6.45) is 2.51. The van der Waals surface area contributed by atoms with Gasteiger partial charge in [0.05, 0.1) is 0 Å². The normalized spacial score (nSPS) is 10.1. The Balaban J connectivity index is 2.52. The Hall–Kier alpha value is -2.20. The Bertz CT molecular complexity index is 549. The van der Waals surface area contributed by atoms with E-state index in [2.05, 4.69) is 22.0 Å². The van der Waals surface area contributed by atoms with Gasteiger partial charge in [-0.3, -0.25) is 0 Å². The van der Waals surface area contributed by atoms with Crippen molar-refractivity contribution in [2.24, 2.45) is 5.84 Å². The van der Waals surface area contributed by atoms with E-state index >= 15 is 0 Å². The van der Waals surface area contributed by atoms with Crippen molar-refractivity contribution in [2.45, 2.75) is 13.3 Å². The molecule has 4 nitrogen and oxygen atoms in total. The molecule has 1 aromatic carbocycles. The fourth-order valence-electron chi connectivity index (χ4n) is 1.82. The van der Waals surface area contributed by atoms with Crippen LogP contribution >= 0.6 is 0 Å². The number of hydrazine groups is 1. The van der Waals surface area contributed by atoms with E-state index in [0.717, 1.165) is 16.8 Å². The van der Waals surface area contributed by atoms with Gasteiger partial charge in [0, 0.05) is 16.8 Å². The van der Waals surface area contributed by atoms with Crippen molar-refractivity contribution in [3.05, 3.63) is 54.2 Å². The number of aryl methyl sites for hydroxylation is 1. The number of aromatic nitrogens is 2. The molecular weight excluding hydrogens is 224 g/mol. The van der Waals surface area contributed by atoms with Crippen LogP contribution in [0, 0.1) is 6.92 Å². The summed E-state index contributed by atoms with van der Waals surface area (Å²) in [5, 5.41) is 0. The van der Waals surface area contributed by atoms with Crippen LogP contribution < -0.4 is 11.3 Å².